The van der Waals surface area contributed by atoms with Crippen molar-refractivity contribution >= 4 is 35.9 Å². The van der Waals surface area contributed by atoms with Gasteiger partial charge in [0.2, 0.25) is 0 Å². The van der Waals surface area contributed by atoms with Crippen LogP contribution in [0.25, 0.3) is 0 Å². The summed E-state index contributed by atoms with van der Waals surface area (Å²) in [6.45, 7) is 10.2. The fourth-order valence-corrected chi connectivity index (χ4v) is 3.43. The van der Waals surface area contributed by atoms with E-state index in [4.69, 9.17) is 19.2 Å². The maximum Gasteiger partial charge on any atom is 0.305 e. The van der Waals surface area contributed by atoms with Crippen LogP contribution in [0.1, 0.15) is 32.3 Å². The number of nitrogens with zero attached hydrogens (tertiary/aromatic N) is 3. The first-order valence-electron chi connectivity index (χ1n) is 10.7. The third-order valence-electron chi connectivity index (χ3n) is 4.99. The van der Waals surface area contributed by atoms with E-state index in [0.29, 0.717) is 26.0 Å². The number of ether oxygens (including phenoxy) is 3. The predicted octanol–water partition coefficient (Wildman–Crippen LogP) is 2.75. The Hall–Kier alpha value is -1.75. The van der Waals surface area contributed by atoms with Crippen molar-refractivity contribution in [2.45, 2.75) is 33.2 Å². The largest absolute Gasteiger partial charge is 0.497 e. The molecular formula is C22H37IN4O4. The molecular weight excluding hydrogens is 511 g/mol. The molecule has 0 atom stereocenters. The van der Waals surface area contributed by atoms with Gasteiger partial charge < -0.3 is 24.4 Å². The highest BCUT2D eigenvalue weighted by atomic mass is 127. The molecule has 1 aliphatic heterocycles. The van der Waals surface area contributed by atoms with Crippen molar-refractivity contribution in [3.05, 3.63) is 23.8 Å². The number of benzene rings is 1. The third kappa shape index (κ3) is 9.10. The Morgan fingerprint density at radius 2 is 1.87 bits per heavy atom. The Balaban J connectivity index is 0.00000480. The van der Waals surface area contributed by atoms with Gasteiger partial charge in [-0.05, 0) is 38.5 Å². The molecule has 1 aromatic rings. The Labute approximate surface area is 203 Å². The van der Waals surface area contributed by atoms with E-state index in [1.807, 2.05) is 25.1 Å². The number of aliphatic imine (C=N–C) groups is 1. The molecule has 1 aliphatic rings. The molecule has 0 aromatic heterocycles. The van der Waals surface area contributed by atoms with Gasteiger partial charge in [-0.15, -0.1) is 24.0 Å². The number of nitrogens with one attached hydrogen (secondary N) is 1. The number of hydrogen-bond donors (Lipinski definition) is 1. The molecule has 1 fully saturated rings. The van der Waals surface area contributed by atoms with Crippen LogP contribution in [0.4, 0.5) is 0 Å². The van der Waals surface area contributed by atoms with E-state index in [9.17, 15) is 4.79 Å². The summed E-state index contributed by atoms with van der Waals surface area (Å²) in [4.78, 5) is 20.9. The van der Waals surface area contributed by atoms with Crippen LogP contribution >= 0.6 is 24.0 Å². The lowest BCUT2D eigenvalue weighted by Crippen LogP contribution is -2.52. The molecule has 1 aromatic carbocycles. The van der Waals surface area contributed by atoms with Crippen LogP contribution < -0.4 is 14.8 Å². The van der Waals surface area contributed by atoms with Crippen LogP contribution in [0.15, 0.2) is 23.2 Å². The van der Waals surface area contributed by atoms with Crippen molar-refractivity contribution < 1.29 is 19.0 Å². The van der Waals surface area contributed by atoms with Crippen LogP contribution in [0, 0.1) is 0 Å². The third-order valence-corrected chi connectivity index (χ3v) is 4.99. The number of methoxy groups -OCH3 is 2. The summed E-state index contributed by atoms with van der Waals surface area (Å²) >= 11 is 0. The average molecular weight is 548 g/mol. The van der Waals surface area contributed by atoms with Crippen molar-refractivity contribution in [2.75, 3.05) is 60.1 Å². The van der Waals surface area contributed by atoms with E-state index >= 15 is 0 Å². The van der Waals surface area contributed by atoms with Gasteiger partial charge in [-0.3, -0.25) is 14.7 Å². The lowest BCUT2D eigenvalue weighted by molar-refractivity contribution is -0.143. The van der Waals surface area contributed by atoms with E-state index in [1.165, 1.54) is 0 Å². The summed E-state index contributed by atoms with van der Waals surface area (Å²) < 4.78 is 15.8. The summed E-state index contributed by atoms with van der Waals surface area (Å²) in [5.41, 5.74) is 1.13. The highest BCUT2D eigenvalue weighted by Gasteiger charge is 2.20. The smallest absolute Gasteiger partial charge is 0.305 e. The molecule has 1 N–H and O–H groups in total. The van der Waals surface area contributed by atoms with Crippen molar-refractivity contribution in [1.82, 2.24) is 15.1 Å². The van der Waals surface area contributed by atoms with E-state index in [2.05, 4.69) is 22.0 Å². The second kappa shape index (κ2) is 15.1. The molecule has 1 saturated heterocycles. The first kappa shape index (κ1) is 27.3. The molecule has 2 rings (SSSR count). The monoisotopic (exact) mass is 548 g/mol. The Morgan fingerprint density at radius 3 is 2.48 bits per heavy atom. The highest BCUT2D eigenvalue weighted by Crippen LogP contribution is 2.25. The molecule has 0 radical (unpaired) electrons. The van der Waals surface area contributed by atoms with Crippen LogP contribution in [-0.2, 0) is 16.1 Å². The lowest BCUT2D eigenvalue weighted by Gasteiger charge is -2.36. The molecule has 0 unspecified atom stereocenters. The molecule has 8 nitrogen and oxygen atoms in total. The van der Waals surface area contributed by atoms with Gasteiger partial charge in [0.15, 0.2) is 5.96 Å². The molecule has 0 spiro atoms. The second-order valence-electron chi connectivity index (χ2n) is 7.09. The highest BCUT2D eigenvalue weighted by molar-refractivity contribution is 14.0. The Kier molecular flexibility index (Phi) is 13.3. The molecule has 0 bridgehead atoms. The maximum atomic E-state index is 11.5. The number of hydrogen-bond acceptors (Lipinski definition) is 6. The predicted molar refractivity (Wildman–Crippen MR) is 134 cm³/mol. The van der Waals surface area contributed by atoms with Gasteiger partial charge in [-0.1, -0.05) is 0 Å². The summed E-state index contributed by atoms with van der Waals surface area (Å²) in [5.74, 6) is 2.49. The number of carbonyl (C=O) groups is 1. The van der Waals surface area contributed by atoms with Gasteiger partial charge in [0, 0.05) is 57.8 Å². The van der Waals surface area contributed by atoms with Crippen LogP contribution in [-0.4, -0.2) is 81.8 Å². The maximum absolute atomic E-state index is 11.5. The number of rotatable bonds is 10. The van der Waals surface area contributed by atoms with Crippen LogP contribution in [0.2, 0.25) is 0 Å². The Bertz CT molecular complexity index is 694. The molecule has 0 amide bonds. The van der Waals surface area contributed by atoms with Crippen LogP contribution in [0.5, 0.6) is 11.5 Å². The van der Waals surface area contributed by atoms with Gasteiger partial charge in [0.1, 0.15) is 11.5 Å². The summed E-state index contributed by atoms with van der Waals surface area (Å²) in [7, 11) is 3.38. The first-order chi connectivity index (χ1) is 14.6. The van der Waals surface area contributed by atoms with Gasteiger partial charge in [-0.2, -0.15) is 0 Å². The van der Waals surface area contributed by atoms with Gasteiger partial charge in [0.05, 0.1) is 20.8 Å². The standard InChI is InChI=1S/C22H36N4O4.HI/c1-5-23-22(24-11-7-8-21(27)30-6-2)26-14-12-25(13-15-26)17-18-16-19(28-3)9-10-20(18)29-4;/h9-10,16H,5-8,11-15,17H2,1-4H3,(H,23,24);1H. The number of piperazine rings is 1. The lowest BCUT2D eigenvalue weighted by atomic mass is 10.1. The van der Waals surface area contributed by atoms with E-state index in [0.717, 1.165) is 62.3 Å². The van der Waals surface area contributed by atoms with Gasteiger partial charge >= 0.3 is 5.97 Å². The summed E-state index contributed by atoms with van der Waals surface area (Å²) in [6, 6.07) is 5.91. The van der Waals surface area contributed by atoms with Crippen molar-refractivity contribution in [3.8, 4) is 11.5 Å². The minimum Gasteiger partial charge on any atom is -0.497 e. The molecule has 0 aliphatic carbocycles. The molecule has 1 heterocycles. The SMILES string of the molecule is CCNC(=NCCCC(=O)OCC)N1CCN(Cc2cc(OC)ccc2OC)CC1.I. The minimum atomic E-state index is -0.153. The number of guanidine groups is 1. The Morgan fingerprint density at radius 1 is 1.13 bits per heavy atom. The van der Waals surface area contributed by atoms with Gasteiger partial charge in [-0.25, -0.2) is 0 Å². The van der Waals surface area contributed by atoms with E-state index < -0.39 is 0 Å². The number of carbonyl (C=O) groups excluding carboxylic acids is 1. The molecule has 0 saturated carbocycles. The van der Waals surface area contributed by atoms with E-state index in [-0.39, 0.29) is 29.9 Å². The number of esters is 1. The van der Waals surface area contributed by atoms with Crippen LogP contribution in [0.3, 0.4) is 0 Å². The zero-order valence-electron chi connectivity index (χ0n) is 19.2. The summed E-state index contributed by atoms with van der Waals surface area (Å²) in [5, 5.41) is 3.37. The summed E-state index contributed by atoms with van der Waals surface area (Å²) in [6.07, 6.45) is 1.11. The zero-order chi connectivity index (χ0) is 21.8. The average Bonchev–Trinajstić information content (AvgIpc) is 2.76. The first-order valence-corrected chi connectivity index (χ1v) is 10.7. The molecule has 9 heteroatoms. The van der Waals surface area contributed by atoms with Crippen molar-refractivity contribution in [2.24, 2.45) is 4.99 Å². The topological polar surface area (TPSA) is 75.6 Å². The molecule has 31 heavy (non-hydrogen) atoms. The fraction of sp³-hybridized carbons (Fsp3) is 0.636. The second-order valence-corrected chi connectivity index (χ2v) is 7.09. The van der Waals surface area contributed by atoms with Crippen molar-refractivity contribution in [1.29, 1.82) is 0 Å². The van der Waals surface area contributed by atoms with Gasteiger partial charge in [0.25, 0.3) is 0 Å². The minimum absolute atomic E-state index is 0. The fourth-order valence-electron chi connectivity index (χ4n) is 3.43. The zero-order valence-corrected chi connectivity index (χ0v) is 21.5. The molecule has 176 valence electrons. The van der Waals surface area contributed by atoms with E-state index in [1.54, 1.807) is 14.2 Å². The normalized spacial score (nSPS) is 14.6. The van der Waals surface area contributed by atoms with Crippen molar-refractivity contribution in [3.63, 3.8) is 0 Å². The number of halogens is 1. The quantitative estimate of drug-likeness (QED) is 0.159.